The van der Waals surface area contributed by atoms with Crippen molar-refractivity contribution in [1.29, 1.82) is 0 Å². The van der Waals surface area contributed by atoms with Gasteiger partial charge in [-0.1, -0.05) is 36.4 Å². The van der Waals surface area contributed by atoms with Gasteiger partial charge in [0.1, 0.15) is 5.75 Å². The van der Waals surface area contributed by atoms with Crippen molar-refractivity contribution in [3.05, 3.63) is 65.2 Å². The molecule has 1 heterocycles. The number of hydrogen-bond acceptors (Lipinski definition) is 4. The van der Waals surface area contributed by atoms with Crippen LogP contribution in [-0.4, -0.2) is 50.6 Å². The predicted molar refractivity (Wildman–Crippen MR) is 129 cm³/mol. The highest BCUT2D eigenvalue weighted by Crippen LogP contribution is 2.40. The summed E-state index contributed by atoms with van der Waals surface area (Å²) in [6.07, 6.45) is 7.44. The highest BCUT2D eigenvalue weighted by molar-refractivity contribution is 7.91. The number of fused-ring (bicyclic) bond motifs is 1. The van der Waals surface area contributed by atoms with Crippen LogP contribution in [0.1, 0.15) is 54.7 Å². The summed E-state index contributed by atoms with van der Waals surface area (Å²) >= 11 is 0. The van der Waals surface area contributed by atoms with E-state index < -0.39 is 9.84 Å². The lowest BCUT2D eigenvalue weighted by Gasteiger charge is -2.45. The Labute approximate surface area is 192 Å². The number of hydrogen-bond donors (Lipinski definition) is 0. The Bertz CT molecular complexity index is 1010. The first-order valence-corrected chi connectivity index (χ1v) is 14.1. The summed E-state index contributed by atoms with van der Waals surface area (Å²) in [5.74, 6) is 2.38. The maximum atomic E-state index is 12.2. The molecular weight excluding hydrogens is 418 g/mol. The van der Waals surface area contributed by atoms with Crippen molar-refractivity contribution < 1.29 is 13.2 Å². The van der Waals surface area contributed by atoms with Crippen LogP contribution in [0.3, 0.4) is 0 Å². The van der Waals surface area contributed by atoms with E-state index in [9.17, 15) is 8.42 Å². The summed E-state index contributed by atoms with van der Waals surface area (Å²) in [6.45, 7) is 2.90. The van der Waals surface area contributed by atoms with Gasteiger partial charge in [-0.2, -0.15) is 0 Å². The standard InChI is InChI=1S/C27H35NO3S/c29-32(30,20-22-8-9-22)17-5-16-31-24-12-10-23-11-13-27(28-14-4-15-28)26(25(23)19-24)18-21-6-2-1-3-7-21/h1-3,6-7,10,12,19,22,26-27H,4-5,8-9,11,13-18,20H2. The lowest BCUT2D eigenvalue weighted by molar-refractivity contribution is 0.0876. The molecule has 4 nitrogen and oxygen atoms in total. The zero-order chi connectivity index (χ0) is 22.0. The third-order valence-electron chi connectivity index (χ3n) is 7.40. The number of likely N-dealkylation sites (tertiary alicyclic amines) is 1. The summed E-state index contributed by atoms with van der Waals surface area (Å²) in [7, 11) is -2.93. The summed E-state index contributed by atoms with van der Waals surface area (Å²) in [6, 6.07) is 18.0. The van der Waals surface area contributed by atoms with Crippen LogP contribution in [0.25, 0.3) is 0 Å². The number of benzene rings is 2. The van der Waals surface area contributed by atoms with E-state index in [0.29, 0.717) is 36.7 Å². The molecular formula is C27H35NO3S. The van der Waals surface area contributed by atoms with Crippen molar-refractivity contribution in [2.75, 3.05) is 31.2 Å². The molecule has 2 fully saturated rings. The number of aryl methyl sites for hydroxylation is 1. The molecule has 0 bridgehead atoms. The third kappa shape index (κ3) is 5.37. The molecule has 0 spiro atoms. The van der Waals surface area contributed by atoms with E-state index >= 15 is 0 Å². The predicted octanol–water partition coefficient (Wildman–Crippen LogP) is 4.63. The van der Waals surface area contributed by atoms with E-state index in [4.69, 9.17) is 4.74 Å². The van der Waals surface area contributed by atoms with Crippen molar-refractivity contribution in [3.63, 3.8) is 0 Å². The van der Waals surface area contributed by atoms with Gasteiger partial charge in [-0.25, -0.2) is 8.42 Å². The maximum absolute atomic E-state index is 12.2. The maximum Gasteiger partial charge on any atom is 0.150 e. The van der Waals surface area contributed by atoms with Gasteiger partial charge >= 0.3 is 0 Å². The Hall–Kier alpha value is -1.85. The summed E-state index contributed by atoms with van der Waals surface area (Å²) in [4.78, 5) is 2.66. The monoisotopic (exact) mass is 453 g/mol. The van der Waals surface area contributed by atoms with Crippen molar-refractivity contribution in [2.45, 2.75) is 56.9 Å². The zero-order valence-corrected chi connectivity index (χ0v) is 19.7. The first-order chi connectivity index (χ1) is 15.6. The smallest absolute Gasteiger partial charge is 0.150 e. The Morgan fingerprint density at radius 1 is 1.00 bits per heavy atom. The van der Waals surface area contributed by atoms with E-state index in [1.165, 1.54) is 42.6 Å². The van der Waals surface area contributed by atoms with Crippen LogP contribution in [0.5, 0.6) is 5.75 Å². The molecule has 0 radical (unpaired) electrons. The molecule has 3 aliphatic rings. The molecule has 1 saturated heterocycles. The molecule has 2 aromatic rings. The topological polar surface area (TPSA) is 46.6 Å². The van der Waals surface area contributed by atoms with E-state index in [1.807, 2.05) is 0 Å². The largest absolute Gasteiger partial charge is 0.494 e. The second-order valence-electron chi connectivity index (χ2n) is 9.91. The van der Waals surface area contributed by atoms with Gasteiger partial charge in [0.2, 0.25) is 0 Å². The van der Waals surface area contributed by atoms with Gasteiger partial charge in [0.25, 0.3) is 0 Å². The highest BCUT2D eigenvalue weighted by atomic mass is 32.2. The van der Waals surface area contributed by atoms with Crippen molar-refractivity contribution in [2.24, 2.45) is 5.92 Å². The molecule has 1 saturated carbocycles. The van der Waals surface area contributed by atoms with Crippen LogP contribution in [-0.2, 0) is 22.7 Å². The van der Waals surface area contributed by atoms with Gasteiger partial charge < -0.3 is 4.74 Å². The Balaban J connectivity index is 1.27. The minimum absolute atomic E-state index is 0.238. The molecule has 0 amide bonds. The van der Waals surface area contributed by atoms with Crippen molar-refractivity contribution in [3.8, 4) is 5.75 Å². The van der Waals surface area contributed by atoms with Crippen LogP contribution in [0, 0.1) is 5.92 Å². The average Bonchev–Trinajstić information content (AvgIpc) is 3.55. The van der Waals surface area contributed by atoms with Crippen LogP contribution in [0.4, 0.5) is 0 Å². The molecule has 0 aromatic heterocycles. The van der Waals surface area contributed by atoms with E-state index in [2.05, 4.69) is 53.4 Å². The molecule has 1 aliphatic heterocycles. The molecule has 5 rings (SSSR count). The van der Waals surface area contributed by atoms with Gasteiger partial charge in [-0.3, -0.25) is 4.90 Å². The Morgan fingerprint density at radius 3 is 2.53 bits per heavy atom. The Morgan fingerprint density at radius 2 is 1.81 bits per heavy atom. The molecule has 5 heteroatoms. The minimum Gasteiger partial charge on any atom is -0.494 e. The summed E-state index contributed by atoms with van der Waals surface area (Å²) < 4.78 is 30.4. The van der Waals surface area contributed by atoms with Crippen LogP contribution < -0.4 is 4.74 Å². The van der Waals surface area contributed by atoms with Crippen LogP contribution in [0.15, 0.2) is 48.5 Å². The molecule has 32 heavy (non-hydrogen) atoms. The number of rotatable bonds is 10. The van der Waals surface area contributed by atoms with E-state index in [0.717, 1.165) is 31.4 Å². The lowest BCUT2D eigenvalue weighted by atomic mass is 9.75. The first-order valence-electron chi connectivity index (χ1n) is 12.3. The fourth-order valence-electron chi connectivity index (χ4n) is 5.37. The number of ether oxygens (including phenoxy) is 1. The van der Waals surface area contributed by atoms with Crippen LogP contribution >= 0.6 is 0 Å². The first kappa shape index (κ1) is 22.0. The minimum atomic E-state index is -2.93. The van der Waals surface area contributed by atoms with E-state index in [-0.39, 0.29) is 5.75 Å². The molecule has 2 unspecified atom stereocenters. The Kier molecular flexibility index (Phi) is 6.56. The second kappa shape index (κ2) is 9.56. The van der Waals surface area contributed by atoms with Gasteiger partial charge in [-0.15, -0.1) is 0 Å². The van der Waals surface area contributed by atoms with Gasteiger partial charge in [0.15, 0.2) is 9.84 Å². The fourth-order valence-corrected chi connectivity index (χ4v) is 7.14. The third-order valence-corrected chi connectivity index (χ3v) is 9.29. The van der Waals surface area contributed by atoms with Crippen LogP contribution in [0.2, 0.25) is 0 Å². The zero-order valence-electron chi connectivity index (χ0n) is 18.9. The second-order valence-corrected chi connectivity index (χ2v) is 12.1. The van der Waals surface area contributed by atoms with E-state index in [1.54, 1.807) is 0 Å². The van der Waals surface area contributed by atoms with Crippen molar-refractivity contribution >= 4 is 9.84 Å². The molecule has 2 aromatic carbocycles. The van der Waals surface area contributed by atoms with Gasteiger partial charge in [-0.05, 0) is 92.8 Å². The highest BCUT2D eigenvalue weighted by Gasteiger charge is 2.36. The number of sulfone groups is 1. The molecule has 0 N–H and O–H groups in total. The normalized spacial score (nSPS) is 23.4. The van der Waals surface area contributed by atoms with Gasteiger partial charge in [0.05, 0.1) is 18.1 Å². The average molecular weight is 454 g/mol. The van der Waals surface area contributed by atoms with Gasteiger partial charge in [0, 0.05) is 12.0 Å². The molecule has 172 valence electrons. The molecule has 2 atom stereocenters. The summed E-state index contributed by atoms with van der Waals surface area (Å²) in [5, 5.41) is 0. The lowest BCUT2D eigenvalue weighted by Crippen LogP contribution is -2.49. The quantitative estimate of drug-likeness (QED) is 0.492. The fraction of sp³-hybridized carbons (Fsp3) is 0.556. The molecule has 2 aliphatic carbocycles. The summed E-state index contributed by atoms with van der Waals surface area (Å²) in [5.41, 5.74) is 4.26. The SMILES string of the molecule is O=S(=O)(CCCOc1ccc2c(c1)C(Cc1ccccc1)C(N1CCC1)CC2)CC1CC1. The van der Waals surface area contributed by atoms with Crippen molar-refractivity contribution in [1.82, 2.24) is 4.90 Å². The number of nitrogens with zero attached hydrogens (tertiary/aromatic N) is 1.